The Kier molecular flexibility index (Phi) is 5.43. The van der Waals surface area contributed by atoms with Crippen molar-refractivity contribution in [3.8, 4) is 6.07 Å². The molecule has 0 atom stereocenters. The van der Waals surface area contributed by atoms with Crippen molar-refractivity contribution in [2.45, 2.75) is 0 Å². The molecule has 3 aromatic rings. The number of anilines is 1. The molecule has 0 bridgehead atoms. The van der Waals surface area contributed by atoms with Gasteiger partial charge in [-0.05, 0) is 36.4 Å². The maximum Gasteiger partial charge on any atom is 0.211 e. The highest BCUT2D eigenvalue weighted by Gasteiger charge is 2.13. The second-order valence-corrected chi connectivity index (χ2v) is 5.85. The number of hydrogen-bond donors (Lipinski definition) is 1. The Balaban J connectivity index is 1.93. The van der Waals surface area contributed by atoms with Crippen LogP contribution in [0, 0.1) is 11.3 Å². The highest BCUT2D eigenvalue weighted by Crippen LogP contribution is 2.23. The van der Waals surface area contributed by atoms with Gasteiger partial charge in [0.2, 0.25) is 5.84 Å². The summed E-state index contributed by atoms with van der Waals surface area (Å²) in [5.41, 5.74) is 2.12. The molecule has 3 rings (SSSR count). The van der Waals surface area contributed by atoms with Crippen molar-refractivity contribution in [1.82, 2.24) is 0 Å². The summed E-state index contributed by atoms with van der Waals surface area (Å²) >= 11 is 5.87. The summed E-state index contributed by atoms with van der Waals surface area (Å²) in [5, 5.41) is 12.9. The fourth-order valence-electron chi connectivity index (χ4n) is 2.38. The van der Waals surface area contributed by atoms with Gasteiger partial charge >= 0.3 is 0 Å². The number of nitriles is 1. The van der Waals surface area contributed by atoms with Crippen molar-refractivity contribution in [2.24, 2.45) is 4.99 Å². The number of nitrogens with one attached hydrogen (secondary N) is 1. The fourth-order valence-corrected chi connectivity index (χ4v) is 2.51. The summed E-state index contributed by atoms with van der Waals surface area (Å²) in [5.74, 6) is -0.0608. The lowest BCUT2D eigenvalue weighted by molar-refractivity contribution is 0.103. The van der Waals surface area contributed by atoms with Crippen LogP contribution in [0.2, 0.25) is 5.02 Å². The Morgan fingerprint density at radius 3 is 2.27 bits per heavy atom. The van der Waals surface area contributed by atoms with Crippen molar-refractivity contribution in [3.63, 3.8) is 0 Å². The number of para-hydroxylation sites is 1. The van der Waals surface area contributed by atoms with Crippen LogP contribution in [0.5, 0.6) is 0 Å². The first-order valence-electron chi connectivity index (χ1n) is 7.87. The lowest BCUT2D eigenvalue weighted by Crippen LogP contribution is -2.09. The van der Waals surface area contributed by atoms with E-state index >= 15 is 0 Å². The standard InChI is InChI=1S/C21H14ClN3O/c22-16-10-12-17(13-11-16)24-20(14-23)25-19-9-5-4-8-18(19)21(26)15-6-2-1-3-7-15/h1-13H,(H,24,25). The number of halogens is 1. The van der Waals surface area contributed by atoms with Gasteiger partial charge in [0, 0.05) is 21.8 Å². The van der Waals surface area contributed by atoms with Crippen LogP contribution in [-0.4, -0.2) is 11.6 Å². The minimum Gasteiger partial charge on any atom is -0.331 e. The van der Waals surface area contributed by atoms with Gasteiger partial charge in [0.15, 0.2) is 5.78 Å². The van der Waals surface area contributed by atoms with E-state index in [0.717, 1.165) is 0 Å². The number of amidine groups is 1. The second-order valence-electron chi connectivity index (χ2n) is 5.42. The third-order valence-corrected chi connectivity index (χ3v) is 3.88. The summed E-state index contributed by atoms with van der Waals surface area (Å²) in [7, 11) is 0. The molecule has 1 N–H and O–H groups in total. The Labute approximate surface area is 156 Å². The SMILES string of the molecule is N#CC(=Nc1ccccc1C(=O)c1ccccc1)Nc1ccc(Cl)cc1. The number of hydrogen-bond acceptors (Lipinski definition) is 3. The van der Waals surface area contributed by atoms with Gasteiger partial charge in [-0.15, -0.1) is 0 Å². The summed E-state index contributed by atoms with van der Waals surface area (Å²) in [6, 6.07) is 24.9. The van der Waals surface area contributed by atoms with Crippen LogP contribution in [0.15, 0.2) is 83.9 Å². The Hall–Kier alpha value is -3.42. The average molecular weight is 360 g/mol. The van der Waals surface area contributed by atoms with Crippen LogP contribution in [0.4, 0.5) is 11.4 Å². The predicted octanol–water partition coefficient (Wildman–Crippen LogP) is 5.24. The highest BCUT2D eigenvalue weighted by molar-refractivity contribution is 6.30. The van der Waals surface area contributed by atoms with E-state index in [-0.39, 0.29) is 11.6 Å². The minimum atomic E-state index is -0.145. The maximum absolute atomic E-state index is 12.7. The van der Waals surface area contributed by atoms with Crippen LogP contribution in [-0.2, 0) is 0 Å². The van der Waals surface area contributed by atoms with Crippen molar-refractivity contribution in [1.29, 1.82) is 5.26 Å². The van der Waals surface area contributed by atoms with Gasteiger partial charge in [0.1, 0.15) is 6.07 Å². The molecule has 0 aliphatic rings. The van der Waals surface area contributed by atoms with Gasteiger partial charge in [0.25, 0.3) is 0 Å². The molecule has 0 aliphatic heterocycles. The number of benzene rings is 3. The molecular formula is C21H14ClN3O. The smallest absolute Gasteiger partial charge is 0.211 e. The third kappa shape index (κ3) is 4.15. The number of carbonyl (C=O) groups is 1. The number of nitrogens with zero attached hydrogens (tertiary/aromatic N) is 2. The Morgan fingerprint density at radius 2 is 1.58 bits per heavy atom. The first kappa shape index (κ1) is 17.4. The third-order valence-electron chi connectivity index (χ3n) is 3.63. The van der Waals surface area contributed by atoms with Crippen LogP contribution in [0.25, 0.3) is 0 Å². The van der Waals surface area contributed by atoms with Gasteiger partial charge in [-0.1, -0.05) is 54.1 Å². The molecule has 0 saturated heterocycles. The summed E-state index contributed by atoms with van der Waals surface area (Å²) in [6.45, 7) is 0. The van der Waals surface area contributed by atoms with E-state index in [1.165, 1.54) is 0 Å². The second kappa shape index (κ2) is 8.11. The number of aliphatic imine (C=N–C) groups is 1. The average Bonchev–Trinajstić information content (AvgIpc) is 2.69. The molecular weight excluding hydrogens is 346 g/mol. The molecule has 126 valence electrons. The van der Waals surface area contributed by atoms with Gasteiger partial charge in [-0.2, -0.15) is 5.26 Å². The topological polar surface area (TPSA) is 65.2 Å². The molecule has 3 aromatic carbocycles. The normalized spacial score (nSPS) is 10.8. The van der Waals surface area contributed by atoms with Gasteiger partial charge in [0.05, 0.1) is 5.69 Å². The predicted molar refractivity (Wildman–Crippen MR) is 104 cm³/mol. The van der Waals surface area contributed by atoms with Gasteiger partial charge < -0.3 is 5.32 Å². The molecule has 5 heteroatoms. The summed E-state index contributed by atoms with van der Waals surface area (Å²) in [6.07, 6.45) is 0. The van der Waals surface area contributed by atoms with E-state index in [1.807, 2.05) is 24.3 Å². The molecule has 0 heterocycles. The van der Waals surface area contributed by atoms with E-state index in [1.54, 1.807) is 60.7 Å². The van der Waals surface area contributed by atoms with E-state index < -0.39 is 0 Å². The zero-order valence-corrected chi connectivity index (χ0v) is 14.4. The van der Waals surface area contributed by atoms with Crippen LogP contribution in [0.3, 0.4) is 0 Å². The quantitative estimate of drug-likeness (QED) is 0.393. The highest BCUT2D eigenvalue weighted by atomic mass is 35.5. The molecule has 0 aromatic heterocycles. The van der Waals surface area contributed by atoms with Crippen molar-refractivity contribution < 1.29 is 4.79 Å². The zero-order chi connectivity index (χ0) is 18.4. The molecule has 0 aliphatic carbocycles. The van der Waals surface area contributed by atoms with E-state index in [9.17, 15) is 10.1 Å². The summed E-state index contributed by atoms with van der Waals surface area (Å²) < 4.78 is 0. The molecule has 26 heavy (non-hydrogen) atoms. The Morgan fingerprint density at radius 1 is 0.923 bits per heavy atom. The zero-order valence-electron chi connectivity index (χ0n) is 13.7. The Bertz CT molecular complexity index is 990. The number of rotatable bonds is 4. The van der Waals surface area contributed by atoms with E-state index in [0.29, 0.717) is 27.5 Å². The molecule has 0 spiro atoms. The minimum absolute atomic E-state index is 0.0839. The van der Waals surface area contributed by atoms with Crippen LogP contribution >= 0.6 is 11.6 Å². The van der Waals surface area contributed by atoms with E-state index in [2.05, 4.69) is 10.3 Å². The monoisotopic (exact) mass is 359 g/mol. The lowest BCUT2D eigenvalue weighted by atomic mass is 10.0. The van der Waals surface area contributed by atoms with Gasteiger partial charge in [-0.3, -0.25) is 4.79 Å². The number of carbonyl (C=O) groups excluding carboxylic acids is 1. The fraction of sp³-hybridized carbons (Fsp3) is 0. The molecule has 4 nitrogen and oxygen atoms in total. The largest absolute Gasteiger partial charge is 0.331 e. The molecule has 0 unspecified atom stereocenters. The first-order chi connectivity index (χ1) is 12.7. The maximum atomic E-state index is 12.7. The molecule has 0 saturated carbocycles. The lowest BCUT2D eigenvalue weighted by Gasteiger charge is -2.07. The molecule has 0 radical (unpaired) electrons. The van der Waals surface area contributed by atoms with Crippen LogP contribution in [0.1, 0.15) is 15.9 Å². The van der Waals surface area contributed by atoms with Crippen molar-refractivity contribution in [2.75, 3.05) is 5.32 Å². The molecule has 0 fully saturated rings. The first-order valence-corrected chi connectivity index (χ1v) is 8.25. The van der Waals surface area contributed by atoms with Crippen molar-refractivity contribution in [3.05, 3.63) is 95.0 Å². The van der Waals surface area contributed by atoms with E-state index in [4.69, 9.17) is 11.6 Å². The number of ketones is 1. The van der Waals surface area contributed by atoms with Gasteiger partial charge in [-0.25, -0.2) is 4.99 Å². The molecule has 0 amide bonds. The van der Waals surface area contributed by atoms with Crippen molar-refractivity contribution >= 4 is 34.6 Å². The summed E-state index contributed by atoms with van der Waals surface area (Å²) in [4.78, 5) is 17.1. The van der Waals surface area contributed by atoms with Crippen LogP contribution < -0.4 is 5.32 Å².